The summed E-state index contributed by atoms with van der Waals surface area (Å²) in [6.45, 7) is 2.20. The number of amides is 1. The molecule has 0 bridgehead atoms. The molecular weight excluding hydrogens is 334 g/mol. The number of aromatic nitrogens is 2. The van der Waals surface area contributed by atoms with Crippen LogP contribution < -0.4 is 15.2 Å². The van der Waals surface area contributed by atoms with Crippen LogP contribution in [-0.2, 0) is 6.54 Å². The third-order valence-corrected chi connectivity index (χ3v) is 4.81. The lowest BCUT2D eigenvalue weighted by atomic mass is 10.2. The van der Waals surface area contributed by atoms with Crippen LogP contribution >= 0.6 is 0 Å². The van der Waals surface area contributed by atoms with Crippen molar-refractivity contribution in [3.63, 3.8) is 0 Å². The lowest BCUT2D eigenvalue weighted by Gasteiger charge is -2.24. The Morgan fingerprint density at radius 1 is 1.35 bits per heavy atom. The molecule has 1 aromatic carbocycles. The predicted molar refractivity (Wildman–Crippen MR) is 94.8 cm³/mol. The van der Waals surface area contributed by atoms with Crippen LogP contribution in [0.25, 0.3) is 0 Å². The molecule has 2 N–H and O–H groups in total. The van der Waals surface area contributed by atoms with Gasteiger partial charge in [0, 0.05) is 30.9 Å². The van der Waals surface area contributed by atoms with Crippen LogP contribution in [0.1, 0.15) is 22.6 Å². The number of hydrogen-bond acceptors (Lipinski definition) is 7. The maximum absolute atomic E-state index is 12.8. The summed E-state index contributed by atoms with van der Waals surface area (Å²) in [5.41, 5.74) is 6.33. The minimum atomic E-state index is 0.0133. The lowest BCUT2D eigenvalue weighted by molar-refractivity contribution is 0.0779. The molecule has 136 valence electrons. The summed E-state index contributed by atoms with van der Waals surface area (Å²) in [7, 11) is 2.02. The molecular formula is C18H21N5O3. The zero-order valence-electron chi connectivity index (χ0n) is 14.6. The number of nitrogens with zero attached hydrogens (tertiary/aromatic N) is 4. The molecule has 1 atom stereocenters. The molecule has 0 radical (unpaired) electrons. The molecule has 8 nitrogen and oxygen atoms in total. The van der Waals surface area contributed by atoms with Gasteiger partial charge in [0.1, 0.15) is 11.6 Å². The summed E-state index contributed by atoms with van der Waals surface area (Å²) >= 11 is 0. The van der Waals surface area contributed by atoms with Gasteiger partial charge in [-0.1, -0.05) is 0 Å². The van der Waals surface area contributed by atoms with Crippen molar-refractivity contribution < 1.29 is 14.3 Å². The Bertz CT molecular complexity index is 828. The Morgan fingerprint density at radius 3 is 3.04 bits per heavy atom. The number of likely N-dealkylation sites (tertiary alicyclic amines) is 1. The van der Waals surface area contributed by atoms with E-state index in [9.17, 15) is 4.79 Å². The number of nitrogen functional groups attached to an aromatic ring is 1. The number of rotatable bonds is 4. The van der Waals surface area contributed by atoms with Gasteiger partial charge in [-0.3, -0.25) is 9.69 Å². The largest absolute Gasteiger partial charge is 0.454 e. The van der Waals surface area contributed by atoms with E-state index in [-0.39, 0.29) is 18.7 Å². The fourth-order valence-corrected chi connectivity index (χ4v) is 3.34. The molecule has 1 saturated heterocycles. The Hall–Kier alpha value is -2.87. The van der Waals surface area contributed by atoms with Gasteiger partial charge in [-0.05, 0) is 37.7 Å². The first-order valence-electron chi connectivity index (χ1n) is 8.57. The molecule has 2 aliphatic rings. The zero-order valence-corrected chi connectivity index (χ0v) is 14.6. The number of nitrogens with two attached hydrogens (primary N) is 1. The highest BCUT2D eigenvalue weighted by Crippen LogP contribution is 2.33. The van der Waals surface area contributed by atoms with Crippen molar-refractivity contribution in [3.05, 3.63) is 41.9 Å². The van der Waals surface area contributed by atoms with Crippen LogP contribution in [-0.4, -0.2) is 58.6 Å². The first-order chi connectivity index (χ1) is 12.6. The maximum atomic E-state index is 12.8. The van der Waals surface area contributed by atoms with Crippen LogP contribution in [0, 0.1) is 0 Å². The molecule has 8 heteroatoms. The topological polar surface area (TPSA) is 93.8 Å². The number of carbonyl (C=O) groups excluding carboxylic acids is 1. The summed E-state index contributed by atoms with van der Waals surface area (Å²) in [4.78, 5) is 25.3. The van der Waals surface area contributed by atoms with Gasteiger partial charge in [0.05, 0.1) is 6.54 Å². The highest BCUT2D eigenvalue weighted by molar-refractivity contribution is 5.95. The summed E-state index contributed by atoms with van der Waals surface area (Å²) in [5.74, 6) is 2.48. The fraction of sp³-hybridized carbons (Fsp3) is 0.389. The highest BCUT2D eigenvalue weighted by atomic mass is 16.7. The summed E-state index contributed by atoms with van der Waals surface area (Å²) in [5, 5.41) is 0. The SMILES string of the molecule is CN(Cc1nccc(N)n1)[C@@H]1CCN(C(=O)c2ccc3c(c2)OCO3)C1. The van der Waals surface area contributed by atoms with Crippen molar-refractivity contribution in [1.82, 2.24) is 19.8 Å². The number of fused-ring (bicyclic) bond motifs is 1. The van der Waals surface area contributed by atoms with Gasteiger partial charge in [0.2, 0.25) is 6.79 Å². The van der Waals surface area contributed by atoms with Crippen molar-refractivity contribution in [1.29, 1.82) is 0 Å². The van der Waals surface area contributed by atoms with Gasteiger partial charge >= 0.3 is 0 Å². The maximum Gasteiger partial charge on any atom is 0.254 e. The van der Waals surface area contributed by atoms with E-state index in [0.717, 1.165) is 13.0 Å². The van der Waals surface area contributed by atoms with Crippen molar-refractivity contribution in [2.75, 3.05) is 32.7 Å². The van der Waals surface area contributed by atoms with E-state index in [1.807, 2.05) is 11.9 Å². The average Bonchev–Trinajstić information content (AvgIpc) is 3.30. The van der Waals surface area contributed by atoms with Crippen LogP contribution in [0.5, 0.6) is 11.5 Å². The molecule has 0 saturated carbocycles. The van der Waals surface area contributed by atoms with Gasteiger partial charge < -0.3 is 20.1 Å². The van der Waals surface area contributed by atoms with Crippen LogP contribution in [0.4, 0.5) is 5.82 Å². The molecule has 2 aliphatic heterocycles. The van der Waals surface area contributed by atoms with Crippen LogP contribution in [0.15, 0.2) is 30.5 Å². The van der Waals surface area contributed by atoms with Crippen molar-refractivity contribution >= 4 is 11.7 Å². The second-order valence-corrected chi connectivity index (χ2v) is 6.57. The molecule has 4 rings (SSSR count). The Morgan fingerprint density at radius 2 is 2.19 bits per heavy atom. The standard InChI is InChI=1S/C18H21N5O3/c1-22(10-17-20-6-4-16(19)21-17)13-5-7-23(9-13)18(24)12-2-3-14-15(8-12)26-11-25-14/h2-4,6,8,13H,5,7,9-11H2,1H3,(H2,19,20,21)/t13-/m1/s1. The Labute approximate surface area is 151 Å². The number of ether oxygens (including phenoxy) is 2. The molecule has 0 spiro atoms. The smallest absolute Gasteiger partial charge is 0.254 e. The van der Waals surface area contributed by atoms with E-state index in [1.54, 1.807) is 30.5 Å². The molecule has 0 aliphatic carbocycles. The number of anilines is 1. The van der Waals surface area contributed by atoms with Gasteiger partial charge in [-0.25, -0.2) is 9.97 Å². The summed E-state index contributed by atoms with van der Waals surface area (Å²) in [6.07, 6.45) is 2.57. The van der Waals surface area contributed by atoms with E-state index in [2.05, 4.69) is 14.9 Å². The van der Waals surface area contributed by atoms with Gasteiger partial charge in [0.25, 0.3) is 5.91 Å². The van der Waals surface area contributed by atoms with E-state index in [1.165, 1.54) is 0 Å². The average molecular weight is 355 g/mol. The van der Waals surface area contributed by atoms with Crippen LogP contribution in [0.3, 0.4) is 0 Å². The second kappa shape index (κ2) is 6.80. The molecule has 26 heavy (non-hydrogen) atoms. The van der Waals surface area contributed by atoms with Gasteiger partial charge in [0.15, 0.2) is 11.5 Å². The number of hydrogen-bond donors (Lipinski definition) is 1. The molecule has 3 heterocycles. The second-order valence-electron chi connectivity index (χ2n) is 6.57. The first-order valence-corrected chi connectivity index (χ1v) is 8.57. The third kappa shape index (κ3) is 3.28. The molecule has 2 aromatic rings. The van der Waals surface area contributed by atoms with Crippen molar-refractivity contribution in [3.8, 4) is 11.5 Å². The van der Waals surface area contributed by atoms with Gasteiger partial charge in [-0.2, -0.15) is 0 Å². The Balaban J connectivity index is 1.39. The summed E-state index contributed by atoms with van der Waals surface area (Å²) in [6, 6.07) is 7.26. The minimum absolute atomic E-state index is 0.0133. The van der Waals surface area contributed by atoms with E-state index in [4.69, 9.17) is 15.2 Å². The van der Waals surface area contributed by atoms with E-state index < -0.39 is 0 Å². The molecule has 1 aromatic heterocycles. The quantitative estimate of drug-likeness (QED) is 0.879. The summed E-state index contributed by atoms with van der Waals surface area (Å²) < 4.78 is 10.7. The van der Waals surface area contributed by atoms with Crippen LogP contribution in [0.2, 0.25) is 0 Å². The van der Waals surface area contributed by atoms with Gasteiger partial charge in [-0.15, -0.1) is 0 Å². The normalized spacial score (nSPS) is 18.5. The molecule has 1 amide bonds. The monoisotopic (exact) mass is 355 g/mol. The fourth-order valence-electron chi connectivity index (χ4n) is 3.34. The predicted octanol–water partition coefficient (Wildman–Crippen LogP) is 1.13. The van der Waals surface area contributed by atoms with E-state index >= 15 is 0 Å². The zero-order chi connectivity index (χ0) is 18.1. The number of carbonyl (C=O) groups is 1. The molecule has 1 fully saturated rings. The number of benzene rings is 1. The lowest BCUT2D eigenvalue weighted by Crippen LogP contribution is -2.36. The van der Waals surface area contributed by atoms with Crippen molar-refractivity contribution in [2.45, 2.75) is 19.0 Å². The van der Waals surface area contributed by atoms with E-state index in [0.29, 0.717) is 41.8 Å². The molecule has 0 unspecified atom stereocenters. The Kier molecular flexibility index (Phi) is 4.34. The first kappa shape index (κ1) is 16.6. The number of likely N-dealkylation sites (N-methyl/N-ethyl adjacent to an activating group) is 1. The highest BCUT2D eigenvalue weighted by Gasteiger charge is 2.30. The minimum Gasteiger partial charge on any atom is -0.454 e. The third-order valence-electron chi connectivity index (χ3n) is 4.81. The van der Waals surface area contributed by atoms with Crippen molar-refractivity contribution in [2.24, 2.45) is 0 Å².